The monoisotopic (exact) mass is 294 g/mol. The van der Waals surface area contributed by atoms with Gasteiger partial charge in [-0.3, -0.25) is 9.59 Å². The Kier molecular flexibility index (Phi) is 3.62. The number of fused-ring (bicyclic) bond motifs is 1. The summed E-state index contributed by atoms with van der Waals surface area (Å²) in [6.07, 6.45) is 0.613. The number of aryl methyl sites for hydroxylation is 1. The van der Waals surface area contributed by atoms with Crippen LogP contribution < -0.4 is 10.6 Å². The summed E-state index contributed by atoms with van der Waals surface area (Å²) in [7, 11) is 0. The van der Waals surface area contributed by atoms with Crippen molar-refractivity contribution in [1.29, 1.82) is 0 Å². The molecule has 1 heterocycles. The van der Waals surface area contributed by atoms with Gasteiger partial charge >= 0.3 is 0 Å². The number of anilines is 2. The van der Waals surface area contributed by atoms with Crippen molar-refractivity contribution in [3.8, 4) is 0 Å². The third-order valence-electron chi connectivity index (χ3n) is 3.35. The minimum Gasteiger partial charge on any atom is -0.451 e. The van der Waals surface area contributed by atoms with Crippen molar-refractivity contribution in [1.82, 2.24) is 0 Å². The quantitative estimate of drug-likeness (QED) is 0.723. The molecule has 0 spiro atoms. The molecule has 5 heteroatoms. The van der Waals surface area contributed by atoms with Gasteiger partial charge in [0.25, 0.3) is 5.91 Å². The highest BCUT2D eigenvalue weighted by molar-refractivity contribution is 6.05. The number of rotatable bonds is 4. The number of hydrogen-bond donors (Lipinski definition) is 2. The number of carbonyl (C=O) groups excluding carboxylic acids is 2. The third kappa shape index (κ3) is 2.69. The standard InChI is InChI=1S/C17H14N2O3/c1-11-8-13(18-10-20)6-7-14(11)19-17(21)16-9-12-4-2-3-5-15(12)22-16/h2-10H,1H3,(H,18,20)(H,19,21). The Morgan fingerprint density at radius 1 is 1.14 bits per heavy atom. The van der Waals surface area contributed by atoms with Crippen molar-refractivity contribution in [2.24, 2.45) is 0 Å². The van der Waals surface area contributed by atoms with Gasteiger partial charge in [0.1, 0.15) is 5.58 Å². The highest BCUT2D eigenvalue weighted by atomic mass is 16.3. The van der Waals surface area contributed by atoms with Crippen LogP contribution >= 0.6 is 0 Å². The molecule has 0 aliphatic rings. The first-order valence-corrected chi connectivity index (χ1v) is 6.78. The van der Waals surface area contributed by atoms with Gasteiger partial charge in [0.05, 0.1) is 0 Å². The second-order valence-electron chi connectivity index (χ2n) is 4.89. The lowest BCUT2D eigenvalue weighted by Gasteiger charge is -2.08. The molecular weight excluding hydrogens is 280 g/mol. The Bertz CT molecular complexity index is 819. The SMILES string of the molecule is Cc1cc(NC=O)ccc1NC(=O)c1cc2ccccc2o1. The van der Waals surface area contributed by atoms with Crippen molar-refractivity contribution < 1.29 is 14.0 Å². The van der Waals surface area contributed by atoms with Gasteiger partial charge in [0, 0.05) is 16.8 Å². The average Bonchev–Trinajstić information content (AvgIpc) is 2.94. The van der Waals surface area contributed by atoms with Crippen LogP contribution in [0.15, 0.2) is 52.9 Å². The molecule has 0 unspecified atom stereocenters. The topological polar surface area (TPSA) is 71.3 Å². The molecule has 22 heavy (non-hydrogen) atoms. The largest absolute Gasteiger partial charge is 0.451 e. The normalized spacial score (nSPS) is 10.4. The van der Waals surface area contributed by atoms with E-state index in [0.717, 1.165) is 10.9 Å². The van der Waals surface area contributed by atoms with E-state index in [4.69, 9.17) is 4.42 Å². The molecule has 3 rings (SSSR count). The number of para-hydroxylation sites is 1. The molecule has 0 saturated carbocycles. The molecule has 0 fully saturated rings. The van der Waals surface area contributed by atoms with Crippen molar-refractivity contribution in [2.45, 2.75) is 6.92 Å². The minimum absolute atomic E-state index is 0.260. The lowest BCUT2D eigenvalue weighted by molar-refractivity contribution is -0.105. The molecule has 0 aliphatic heterocycles. The van der Waals surface area contributed by atoms with Crippen molar-refractivity contribution in [3.63, 3.8) is 0 Å². The predicted octanol–water partition coefficient (Wildman–Crippen LogP) is 3.56. The number of furan rings is 1. The van der Waals surface area contributed by atoms with E-state index in [1.165, 1.54) is 0 Å². The molecule has 2 N–H and O–H groups in total. The van der Waals surface area contributed by atoms with E-state index >= 15 is 0 Å². The number of hydrogen-bond acceptors (Lipinski definition) is 3. The first-order valence-electron chi connectivity index (χ1n) is 6.78. The number of nitrogens with one attached hydrogen (secondary N) is 2. The van der Waals surface area contributed by atoms with Crippen LogP contribution in [0.25, 0.3) is 11.0 Å². The maximum Gasteiger partial charge on any atom is 0.291 e. The molecule has 2 aromatic carbocycles. The lowest BCUT2D eigenvalue weighted by Crippen LogP contribution is -2.12. The zero-order valence-electron chi connectivity index (χ0n) is 11.9. The summed E-state index contributed by atoms with van der Waals surface area (Å²) in [5, 5.41) is 6.26. The van der Waals surface area contributed by atoms with Gasteiger partial charge in [-0.05, 0) is 42.8 Å². The fourth-order valence-electron chi connectivity index (χ4n) is 2.24. The Labute approximate surface area is 126 Å². The molecule has 0 radical (unpaired) electrons. The van der Waals surface area contributed by atoms with Crippen molar-refractivity contribution in [2.75, 3.05) is 10.6 Å². The van der Waals surface area contributed by atoms with E-state index in [1.807, 2.05) is 31.2 Å². The minimum atomic E-state index is -0.310. The van der Waals surface area contributed by atoms with Gasteiger partial charge in [0.2, 0.25) is 6.41 Å². The lowest BCUT2D eigenvalue weighted by atomic mass is 10.1. The molecule has 5 nitrogen and oxygen atoms in total. The smallest absolute Gasteiger partial charge is 0.291 e. The molecule has 0 saturated heterocycles. The van der Waals surface area contributed by atoms with Crippen LogP contribution in [-0.2, 0) is 4.79 Å². The average molecular weight is 294 g/mol. The summed E-state index contributed by atoms with van der Waals surface area (Å²) in [5.74, 6) is -0.0499. The summed E-state index contributed by atoms with van der Waals surface area (Å²) in [6, 6.07) is 14.4. The molecule has 3 aromatic rings. The molecule has 110 valence electrons. The highest BCUT2D eigenvalue weighted by Crippen LogP contribution is 2.22. The summed E-state index contributed by atoms with van der Waals surface area (Å²) in [6.45, 7) is 1.85. The zero-order chi connectivity index (χ0) is 15.5. The molecule has 2 amide bonds. The maximum atomic E-state index is 12.3. The molecule has 0 bridgehead atoms. The van der Waals surface area contributed by atoms with Crippen LogP contribution in [0.2, 0.25) is 0 Å². The molecule has 1 aromatic heterocycles. The van der Waals surface area contributed by atoms with Gasteiger partial charge in [-0.2, -0.15) is 0 Å². The van der Waals surface area contributed by atoms with E-state index in [2.05, 4.69) is 10.6 Å². The molecule has 0 atom stereocenters. The summed E-state index contributed by atoms with van der Waals surface area (Å²) < 4.78 is 5.53. The van der Waals surface area contributed by atoms with E-state index in [-0.39, 0.29) is 11.7 Å². The van der Waals surface area contributed by atoms with E-state index in [0.29, 0.717) is 23.4 Å². The van der Waals surface area contributed by atoms with Gasteiger partial charge in [0.15, 0.2) is 5.76 Å². The van der Waals surface area contributed by atoms with Crippen LogP contribution in [0.4, 0.5) is 11.4 Å². The van der Waals surface area contributed by atoms with E-state index < -0.39 is 0 Å². The summed E-state index contributed by atoms with van der Waals surface area (Å²) >= 11 is 0. The first kappa shape index (κ1) is 13.9. The predicted molar refractivity (Wildman–Crippen MR) is 85.0 cm³/mol. The van der Waals surface area contributed by atoms with Crippen LogP contribution in [0.3, 0.4) is 0 Å². The second kappa shape index (κ2) is 5.73. The Hall–Kier alpha value is -3.08. The van der Waals surface area contributed by atoms with Crippen LogP contribution in [0.1, 0.15) is 16.1 Å². The first-order chi connectivity index (χ1) is 10.7. The van der Waals surface area contributed by atoms with Crippen LogP contribution in [0.5, 0.6) is 0 Å². The number of amides is 2. The fraction of sp³-hybridized carbons (Fsp3) is 0.0588. The number of benzene rings is 2. The summed E-state index contributed by atoms with van der Waals surface area (Å²) in [5.41, 5.74) is 2.86. The number of carbonyl (C=O) groups is 2. The second-order valence-corrected chi connectivity index (χ2v) is 4.89. The van der Waals surface area contributed by atoms with E-state index in [9.17, 15) is 9.59 Å². The van der Waals surface area contributed by atoms with Crippen LogP contribution in [0, 0.1) is 6.92 Å². The van der Waals surface area contributed by atoms with Gasteiger partial charge in [-0.1, -0.05) is 18.2 Å². The van der Waals surface area contributed by atoms with E-state index in [1.54, 1.807) is 24.3 Å². The van der Waals surface area contributed by atoms with Crippen molar-refractivity contribution in [3.05, 3.63) is 59.9 Å². The van der Waals surface area contributed by atoms with Crippen molar-refractivity contribution >= 4 is 34.7 Å². The fourth-order valence-corrected chi connectivity index (χ4v) is 2.24. The van der Waals surface area contributed by atoms with Gasteiger partial charge in [-0.15, -0.1) is 0 Å². The van der Waals surface area contributed by atoms with Gasteiger partial charge in [-0.25, -0.2) is 0 Å². The molecule has 0 aliphatic carbocycles. The Morgan fingerprint density at radius 3 is 2.68 bits per heavy atom. The molecular formula is C17H14N2O3. The highest BCUT2D eigenvalue weighted by Gasteiger charge is 2.13. The van der Waals surface area contributed by atoms with Gasteiger partial charge < -0.3 is 15.1 Å². The Morgan fingerprint density at radius 2 is 1.95 bits per heavy atom. The zero-order valence-corrected chi connectivity index (χ0v) is 11.9. The van der Waals surface area contributed by atoms with Crippen LogP contribution in [-0.4, -0.2) is 12.3 Å². The summed E-state index contributed by atoms with van der Waals surface area (Å²) in [4.78, 5) is 22.7. The Balaban J connectivity index is 1.83. The maximum absolute atomic E-state index is 12.3. The third-order valence-corrected chi connectivity index (χ3v) is 3.35.